The minimum absolute atomic E-state index is 0.832. The summed E-state index contributed by atoms with van der Waals surface area (Å²) in [7, 11) is 0. The lowest BCUT2D eigenvalue weighted by atomic mass is 10.1. The van der Waals surface area contributed by atoms with E-state index in [0.717, 1.165) is 16.9 Å². The molecule has 0 saturated carbocycles. The Morgan fingerprint density at radius 2 is 1.92 bits per heavy atom. The third kappa shape index (κ3) is 2.42. The Hall–Kier alpha value is -0.690. The summed E-state index contributed by atoms with van der Waals surface area (Å²) in [6.45, 7) is 5.95. The summed E-state index contributed by atoms with van der Waals surface area (Å²) in [5, 5.41) is 0. The highest BCUT2D eigenvalue weighted by atomic mass is 32.1. The van der Waals surface area contributed by atoms with Crippen molar-refractivity contribution in [1.82, 2.24) is 0 Å². The molecule has 1 aromatic rings. The van der Waals surface area contributed by atoms with Crippen molar-refractivity contribution in [2.24, 2.45) is 0 Å². The Balaban J connectivity index is 2.78. The van der Waals surface area contributed by atoms with Crippen LogP contribution in [0.25, 0.3) is 4.91 Å². The Morgan fingerprint density at radius 3 is 2.33 bits per heavy atom. The molecule has 1 heteroatoms. The van der Waals surface area contributed by atoms with E-state index in [1.165, 1.54) is 12.0 Å². The third-order valence-electron chi connectivity index (χ3n) is 1.83. The molecule has 0 atom stereocenters. The van der Waals surface area contributed by atoms with Gasteiger partial charge in [-0.3, -0.25) is 0 Å². The Kier molecular flexibility index (Phi) is 3.42. The van der Waals surface area contributed by atoms with Crippen LogP contribution in [0.2, 0.25) is 0 Å². The summed E-state index contributed by atoms with van der Waals surface area (Å²) in [6, 6.07) is 8.42. The first-order chi connectivity index (χ1) is 5.74. The number of aryl methyl sites for hydroxylation is 1. The molecule has 0 bridgehead atoms. The second-order valence-electron chi connectivity index (χ2n) is 2.89. The lowest BCUT2D eigenvalue weighted by Gasteiger charge is -2.01. The molecule has 0 radical (unpaired) electrons. The molecular formula is C11H14S. The molecule has 0 saturated heterocycles. The summed E-state index contributed by atoms with van der Waals surface area (Å²) in [4.78, 5) is 0.832. The zero-order chi connectivity index (χ0) is 8.97. The summed E-state index contributed by atoms with van der Waals surface area (Å²) >= 11 is 4.18. The van der Waals surface area contributed by atoms with Crippen molar-refractivity contribution in [2.75, 3.05) is 0 Å². The van der Waals surface area contributed by atoms with Gasteiger partial charge in [-0.05, 0) is 17.5 Å². The molecule has 64 valence electrons. The van der Waals surface area contributed by atoms with Crippen molar-refractivity contribution in [3.63, 3.8) is 0 Å². The summed E-state index contributed by atoms with van der Waals surface area (Å²) in [5.74, 6) is 0. The van der Waals surface area contributed by atoms with Gasteiger partial charge in [-0.2, -0.15) is 0 Å². The molecular weight excluding hydrogens is 164 g/mol. The average Bonchev–Trinajstić information content (AvgIpc) is 2.06. The first kappa shape index (κ1) is 9.40. The minimum Gasteiger partial charge on any atom is -0.143 e. The highest BCUT2D eigenvalue weighted by Crippen LogP contribution is 2.16. The van der Waals surface area contributed by atoms with E-state index < -0.39 is 0 Å². The first-order valence-corrected chi connectivity index (χ1v) is 4.66. The maximum Gasteiger partial charge on any atom is 0.00405 e. The monoisotopic (exact) mass is 178 g/mol. The summed E-state index contributed by atoms with van der Waals surface area (Å²) < 4.78 is 0. The van der Waals surface area contributed by atoms with Gasteiger partial charge in [-0.25, -0.2) is 0 Å². The van der Waals surface area contributed by atoms with Crippen molar-refractivity contribution >= 4 is 17.5 Å². The molecule has 0 amide bonds. The fraction of sp³-hybridized carbons (Fsp3) is 0.273. The lowest BCUT2D eigenvalue weighted by molar-refractivity contribution is 0.922. The van der Waals surface area contributed by atoms with Crippen LogP contribution in [0.5, 0.6) is 0 Å². The van der Waals surface area contributed by atoms with Gasteiger partial charge < -0.3 is 0 Å². The molecule has 0 nitrogen and oxygen atoms in total. The average molecular weight is 178 g/mol. The van der Waals surface area contributed by atoms with Crippen LogP contribution in [0.3, 0.4) is 0 Å². The van der Waals surface area contributed by atoms with Crippen LogP contribution in [-0.4, -0.2) is 0 Å². The van der Waals surface area contributed by atoms with Crippen molar-refractivity contribution < 1.29 is 0 Å². The molecule has 0 aromatic heterocycles. The van der Waals surface area contributed by atoms with Crippen LogP contribution < -0.4 is 0 Å². The van der Waals surface area contributed by atoms with Gasteiger partial charge in [-0.15, -0.1) is 12.6 Å². The van der Waals surface area contributed by atoms with Gasteiger partial charge in [0.2, 0.25) is 0 Å². The highest BCUT2D eigenvalue weighted by Gasteiger charge is 1.93. The Bertz CT molecular complexity index is 259. The largest absolute Gasteiger partial charge is 0.143 e. The first-order valence-electron chi connectivity index (χ1n) is 4.21. The molecule has 0 N–H and O–H groups in total. The van der Waals surface area contributed by atoms with Gasteiger partial charge in [0.05, 0.1) is 0 Å². The van der Waals surface area contributed by atoms with Crippen LogP contribution in [0.4, 0.5) is 0 Å². The quantitative estimate of drug-likeness (QED) is 0.672. The van der Waals surface area contributed by atoms with E-state index in [2.05, 4.69) is 50.4 Å². The smallest absolute Gasteiger partial charge is 0.00405 e. The molecule has 0 aliphatic carbocycles. The standard InChI is InChI=1S/C11H14S/c1-3-4-10-5-7-11(8-6-10)9(2)12/h5-8,12H,2-4H2,1H3. The van der Waals surface area contributed by atoms with Crippen molar-refractivity contribution in [3.8, 4) is 0 Å². The topological polar surface area (TPSA) is 0 Å². The summed E-state index contributed by atoms with van der Waals surface area (Å²) in [5.41, 5.74) is 2.49. The van der Waals surface area contributed by atoms with Crippen molar-refractivity contribution in [3.05, 3.63) is 42.0 Å². The number of hydrogen-bond donors (Lipinski definition) is 1. The maximum atomic E-state index is 4.18. The van der Waals surface area contributed by atoms with E-state index in [-0.39, 0.29) is 0 Å². The zero-order valence-corrected chi connectivity index (χ0v) is 8.27. The lowest BCUT2D eigenvalue weighted by Crippen LogP contribution is -1.83. The van der Waals surface area contributed by atoms with E-state index >= 15 is 0 Å². The second kappa shape index (κ2) is 4.36. The van der Waals surface area contributed by atoms with E-state index in [1.807, 2.05) is 0 Å². The molecule has 0 aliphatic heterocycles. The Labute approximate surface area is 79.7 Å². The fourth-order valence-electron chi connectivity index (χ4n) is 1.15. The SMILES string of the molecule is C=C(S)c1ccc(CCC)cc1. The molecule has 0 aliphatic rings. The van der Waals surface area contributed by atoms with Gasteiger partial charge in [0, 0.05) is 4.91 Å². The van der Waals surface area contributed by atoms with E-state index in [9.17, 15) is 0 Å². The predicted octanol–water partition coefficient (Wildman–Crippen LogP) is 3.54. The van der Waals surface area contributed by atoms with Crippen LogP contribution in [-0.2, 0) is 6.42 Å². The van der Waals surface area contributed by atoms with Gasteiger partial charge >= 0.3 is 0 Å². The van der Waals surface area contributed by atoms with Crippen LogP contribution in [0.15, 0.2) is 30.8 Å². The van der Waals surface area contributed by atoms with Gasteiger partial charge in [-0.1, -0.05) is 44.2 Å². The molecule has 1 rings (SSSR count). The number of benzene rings is 1. The molecule has 0 unspecified atom stereocenters. The van der Waals surface area contributed by atoms with Crippen molar-refractivity contribution in [1.29, 1.82) is 0 Å². The molecule has 0 heterocycles. The second-order valence-corrected chi connectivity index (χ2v) is 3.43. The molecule has 1 aromatic carbocycles. The summed E-state index contributed by atoms with van der Waals surface area (Å²) in [6.07, 6.45) is 2.35. The van der Waals surface area contributed by atoms with Gasteiger partial charge in [0.25, 0.3) is 0 Å². The van der Waals surface area contributed by atoms with Gasteiger partial charge in [0.1, 0.15) is 0 Å². The zero-order valence-electron chi connectivity index (χ0n) is 7.38. The third-order valence-corrected chi connectivity index (χ3v) is 2.08. The van der Waals surface area contributed by atoms with Gasteiger partial charge in [0.15, 0.2) is 0 Å². The molecule has 0 spiro atoms. The highest BCUT2D eigenvalue weighted by molar-refractivity contribution is 7.90. The number of hydrogen-bond acceptors (Lipinski definition) is 1. The van der Waals surface area contributed by atoms with E-state index in [4.69, 9.17) is 0 Å². The fourth-order valence-corrected chi connectivity index (χ4v) is 1.30. The Morgan fingerprint density at radius 1 is 1.33 bits per heavy atom. The van der Waals surface area contributed by atoms with E-state index in [0.29, 0.717) is 0 Å². The normalized spacial score (nSPS) is 9.83. The molecule has 12 heavy (non-hydrogen) atoms. The maximum absolute atomic E-state index is 4.18. The number of rotatable bonds is 3. The molecule has 0 fully saturated rings. The minimum atomic E-state index is 0.832. The van der Waals surface area contributed by atoms with E-state index in [1.54, 1.807) is 0 Å². The van der Waals surface area contributed by atoms with Crippen molar-refractivity contribution in [2.45, 2.75) is 19.8 Å². The van der Waals surface area contributed by atoms with Crippen LogP contribution in [0, 0.1) is 0 Å². The predicted molar refractivity (Wildman–Crippen MR) is 58.5 cm³/mol. The van der Waals surface area contributed by atoms with Crippen LogP contribution in [0.1, 0.15) is 24.5 Å². The number of thiol groups is 1. The van der Waals surface area contributed by atoms with Crippen LogP contribution >= 0.6 is 12.6 Å².